The Labute approximate surface area is 160 Å². The average Bonchev–Trinajstić information content (AvgIpc) is 3.11. The zero-order valence-electron chi connectivity index (χ0n) is 13.4. The number of carboxylic acid groups (broad SMARTS) is 1. The highest BCUT2D eigenvalue weighted by atomic mass is 35.5. The Balaban J connectivity index is 1.92. The van der Waals surface area contributed by atoms with E-state index in [2.05, 4.69) is 9.71 Å². The van der Waals surface area contributed by atoms with Crippen molar-refractivity contribution in [2.75, 3.05) is 22.7 Å². The third kappa shape index (κ3) is 3.87. The number of halogens is 2. The van der Waals surface area contributed by atoms with Crippen LogP contribution >= 0.6 is 23.2 Å². The molecule has 0 saturated carbocycles. The van der Waals surface area contributed by atoms with Gasteiger partial charge in [-0.2, -0.15) is 0 Å². The Morgan fingerprint density at radius 3 is 2.46 bits per heavy atom. The number of nitrogens with zero attached hydrogens (tertiary/aromatic N) is 2. The molecule has 1 aromatic heterocycles. The lowest BCUT2D eigenvalue weighted by Gasteiger charge is -2.19. The van der Waals surface area contributed by atoms with Crippen molar-refractivity contribution >= 4 is 50.7 Å². The molecule has 0 aliphatic carbocycles. The molecule has 0 unspecified atom stereocenters. The first-order chi connectivity index (χ1) is 12.3. The highest BCUT2D eigenvalue weighted by Gasteiger charge is 2.23. The third-order valence-corrected chi connectivity index (χ3v) is 6.07. The second-order valence-electron chi connectivity index (χ2n) is 5.78. The fraction of sp³-hybridized carbons (Fsp3) is 0.250. The quantitative estimate of drug-likeness (QED) is 0.774. The van der Waals surface area contributed by atoms with Gasteiger partial charge in [-0.05, 0) is 37.1 Å². The first kappa shape index (κ1) is 18.8. The summed E-state index contributed by atoms with van der Waals surface area (Å²) >= 11 is 11.7. The number of carbonyl (C=O) groups is 1. The van der Waals surface area contributed by atoms with E-state index in [0.717, 1.165) is 25.9 Å². The molecule has 7 nitrogen and oxygen atoms in total. The fourth-order valence-corrected chi connectivity index (χ4v) is 4.13. The van der Waals surface area contributed by atoms with Gasteiger partial charge in [0.05, 0.1) is 26.8 Å². The van der Waals surface area contributed by atoms with E-state index in [1.54, 1.807) is 0 Å². The lowest BCUT2D eigenvalue weighted by Crippen LogP contribution is -2.22. The molecule has 138 valence electrons. The van der Waals surface area contributed by atoms with E-state index in [0.29, 0.717) is 5.82 Å². The molecule has 3 rings (SSSR count). The molecule has 1 aromatic carbocycles. The topological polar surface area (TPSA) is 99.6 Å². The van der Waals surface area contributed by atoms with Crippen molar-refractivity contribution in [3.8, 4) is 0 Å². The van der Waals surface area contributed by atoms with Crippen LogP contribution in [-0.2, 0) is 10.0 Å². The first-order valence-electron chi connectivity index (χ1n) is 7.74. The van der Waals surface area contributed by atoms with Crippen molar-refractivity contribution < 1.29 is 18.3 Å². The minimum atomic E-state index is -3.97. The molecule has 0 atom stereocenters. The number of sulfonamides is 1. The van der Waals surface area contributed by atoms with Crippen molar-refractivity contribution in [1.82, 2.24) is 4.98 Å². The third-order valence-electron chi connectivity index (χ3n) is 3.96. The summed E-state index contributed by atoms with van der Waals surface area (Å²) in [4.78, 5) is 17.5. The molecule has 10 heteroatoms. The van der Waals surface area contributed by atoms with Crippen molar-refractivity contribution in [1.29, 1.82) is 0 Å². The van der Waals surface area contributed by atoms with Crippen LogP contribution in [0.4, 0.5) is 11.5 Å². The van der Waals surface area contributed by atoms with Gasteiger partial charge >= 0.3 is 5.97 Å². The van der Waals surface area contributed by atoms with Crippen molar-refractivity contribution in [3.63, 3.8) is 0 Å². The fourth-order valence-electron chi connectivity index (χ4n) is 2.71. The standard InChI is InChI=1S/C16H15Cl2N3O4S/c17-13-4-3-11(8-14(13)18)26(24,25)20-10-7-12(16(22)23)15(19-9-10)21-5-1-2-6-21/h3-4,7-9,20H,1-2,5-6H2,(H,22,23). The molecule has 2 heterocycles. The summed E-state index contributed by atoms with van der Waals surface area (Å²) in [5, 5.41) is 9.79. The lowest BCUT2D eigenvalue weighted by atomic mass is 10.2. The Bertz CT molecular complexity index is 960. The maximum atomic E-state index is 12.5. The number of hydrogen-bond acceptors (Lipinski definition) is 5. The molecule has 0 bridgehead atoms. The van der Waals surface area contributed by atoms with Crippen LogP contribution < -0.4 is 9.62 Å². The molecule has 0 amide bonds. The molecule has 1 fully saturated rings. The summed E-state index contributed by atoms with van der Waals surface area (Å²) in [6, 6.07) is 5.16. The number of rotatable bonds is 5. The van der Waals surface area contributed by atoms with Gasteiger partial charge in [0, 0.05) is 13.1 Å². The molecule has 1 saturated heterocycles. The number of pyridine rings is 1. The molecule has 1 aliphatic heterocycles. The van der Waals surface area contributed by atoms with Crippen LogP contribution in [0.5, 0.6) is 0 Å². The van der Waals surface area contributed by atoms with E-state index < -0.39 is 16.0 Å². The van der Waals surface area contributed by atoms with Gasteiger partial charge in [0.1, 0.15) is 11.4 Å². The summed E-state index contributed by atoms with van der Waals surface area (Å²) in [6.45, 7) is 1.45. The Kier molecular flexibility index (Phi) is 5.27. The van der Waals surface area contributed by atoms with Crippen molar-refractivity contribution in [2.24, 2.45) is 0 Å². The van der Waals surface area contributed by atoms with Crippen LogP contribution in [0.1, 0.15) is 23.2 Å². The monoisotopic (exact) mass is 415 g/mol. The lowest BCUT2D eigenvalue weighted by molar-refractivity contribution is 0.0697. The molecular weight excluding hydrogens is 401 g/mol. The second-order valence-corrected chi connectivity index (χ2v) is 8.27. The minimum absolute atomic E-state index is 0.0522. The maximum Gasteiger partial charge on any atom is 0.339 e. The number of hydrogen-bond donors (Lipinski definition) is 2. The molecule has 26 heavy (non-hydrogen) atoms. The summed E-state index contributed by atoms with van der Waals surface area (Å²) < 4.78 is 27.3. The zero-order valence-corrected chi connectivity index (χ0v) is 15.8. The van der Waals surface area contributed by atoms with Gasteiger partial charge in [-0.3, -0.25) is 4.72 Å². The molecular formula is C16H15Cl2N3O4S. The molecule has 1 aliphatic rings. The number of benzene rings is 1. The van der Waals surface area contributed by atoms with Gasteiger partial charge in [-0.15, -0.1) is 0 Å². The second kappa shape index (κ2) is 7.30. The van der Waals surface area contributed by atoms with Crippen molar-refractivity contribution in [2.45, 2.75) is 17.7 Å². The van der Waals surface area contributed by atoms with E-state index in [-0.39, 0.29) is 26.2 Å². The molecule has 2 aromatic rings. The highest BCUT2D eigenvalue weighted by molar-refractivity contribution is 7.92. The van der Waals surface area contributed by atoms with Gasteiger partial charge < -0.3 is 10.0 Å². The predicted octanol–water partition coefficient (Wildman–Crippen LogP) is 3.49. The average molecular weight is 416 g/mol. The Morgan fingerprint density at radius 2 is 1.85 bits per heavy atom. The van der Waals surface area contributed by atoms with Gasteiger partial charge in [0.25, 0.3) is 10.0 Å². The molecule has 0 spiro atoms. The minimum Gasteiger partial charge on any atom is -0.478 e. The summed E-state index contributed by atoms with van der Waals surface area (Å²) in [5.74, 6) is -0.831. The van der Waals surface area contributed by atoms with E-state index in [4.69, 9.17) is 23.2 Å². The van der Waals surface area contributed by atoms with Crippen LogP contribution in [0.15, 0.2) is 35.4 Å². The Morgan fingerprint density at radius 1 is 1.15 bits per heavy atom. The largest absolute Gasteiger partial charge is 0.478 e. The van der Waals surface area contributed by atoms with E-state index >= 15 is 0 Å². The van der Waals surface area contributed by atoms with Crippen LogP contribution in [0.2, 0.25) is 10.0 Å². The van der Waals surface area contributed by atoms with Gasteiger partial charge in [-0.25, -0.2) is 18.2 Å². The summed E-state index contributed by atoms with van der Waals surface area (Å²) in [6.07, 6.45) is 3.23. The number of anilines is 2. The number of aromatic nitrogens is 1. The van der Waals surface area contributed by atoms with Crippen molar-refractivity contribution in [3.05, 3.63) is 46.1 Å². The number of carboxylic acids is 1. The number of nitrogens with one attached hydrogen (secondary N) is 1. The zero-order chi connectivity index (χ0) is 18.9. The smallest absolute Gasteiger partial charge is 0.339 e. The van der Waals surface area contributed by atoms with Crippen LogP contribution in [0, 0.1) is 0 Å². The van der Waals surface area contributed by atoms with Crippen LogP contribution in [-0.4, -0.2) is 37.6 Å². The normalized spacial score (nSPS) is 14.5. The summed E-state index contributed by atoms with van der Waals surface area (Å²) in [7, 11) is -3.97. The SMILES string of the molecule is O=C(O)c1cc(NS(=O)(=O)c2ccc(Cl)c(Cl)c2)cnc1N1CCCC1. The van der Waals surface area contributed by atoms with Gasteiger partial charge in [-0.1, -0.05) is 23.2 Å². The van der Waals surface area contributed by atoms with Gasteiger partial charge in [0.2, 0.25) is 0 Å². The number of aromatic carboxylic acids is 1. The first-order valence-corrected chi connectivity index (χ1v) is 9.98. The van der Waals surface area contributed by atoms with Gasteiger partial charge in [0.15, 0.2) is 0 Å². The summed E-state index contributed by atoms with van der Waals surface area (Å²) in [5.41, 5.74) is -0.00217. The van der Waals surface area contributed by atoms with Crippen LogP contribution in [0.25, 0.3) is 0 Å². The maximum absolute atomic E-state index is 12.5. The molecule has 2 N–H and O–H groups in total. The highest BCUT2D eigenvalue weighted by Crippen LogP contribution is 2.28. The predicted molar refractivity (Wildman–Crippen MR) is 99.9 cm³/mol. The Hall–Kier alpha value is -2.03. The van der Waals surface area contributed by atoms with E-state index in [1.807, 2.05) is 4.90 Å². The van der Waals surface area contributed by atoms with Crippen LogP contribution in [0.3, 0.4) is 0 Å². The van der Waals surface area contributed by atoms with E-state index in [1.165, 1.54) is 30.5 Å². The molecule has 0 radical (unpaired) electrons. The van der Waals surface area contributed by atoms with E-state index in [9.17, 15) is 18.3 Å².